The zero-order valence-corrected chi connectivity index (χ0v) is 23.7. The van der Waals surface area contributed by atoms with Gasteiger partial charge >= 0.3 is 0 Å². The molecule has 1 aliphatic heterocycles. The van der Waals surface area contributed by atoms with E-state index in [0.29, 0.717) is 43.1 Å². The minimum absolute atomic E-state index is 0.0375. The molecular formula is C30H27Cl2N3O2S. The summed E-state index contributed by atoms with van der Waals surface area (Å²) in [6.45, 7) is 7.00. The van der Waals surface area contributed by atoms with Gasteiger partial charge in [-0.05, 0) is 78.8 Å². The second-order valence-electron chi connectivity index (χ2n) is 10.8. The Morgan fingerprint density at radius 2 is 1.74 bits per heavy atom. The number of fused-ring (bicyclic) bond motifs is 2. The van der Waals surface area contributed by atoms with Crippen molar-refractivity contribution in [2.24, 2.45) is 27.0 Å². The van der Waals surface area contributed by atoms with Crippen LogP contribution in [0.5, 0.6) is 0 Å². The molecule has 3 aromatic rings. The molecule has 0 N–H and O–H groups in total. The van der Waals surface area contributed by atoms with Gasteiger partial charge in [-0.2, -0.15) is 5.10 Å². The lowest BCUT2D eigenvalue weighted by molar-refractivity contribution is -0.113. The Bertz CT molecular complexity index is 1500. The molecule has 3 aliphatic rings. The summed E-state index contributed by atoms with van der Waals surface area (Å²) in [4.78, 5) is 15.7. The van der Waals surface area contributed by atoms with Gasteiger partial charge in [-0.3, -0.25) is 9.69 Å². The van der Waals surface area contributed by atoms with E-state index in [1.165, 1.54) is 18.2 Å². The third-order valence-electron chi connectivity index (χ3n) is 8.70. The van der Waals surface area contributed by atoms with Crippen LogP contribution in [0, 0.1) is 16.7 Å². The van der Waals surface area contributed by atoms with Crippen LogP contribution in [0.1, 0.15) is 45.8 Å². The van der Waals surface area contributed by atoms with Crippen molar-refractivity contribution in [3.8, 4) is 11.3 Å². The smallest absolute Gasteiger partial charge is 0.271 e. The number of benzene rings is 2. The molecule has 2 atom stereocenters. The number of carbonyl (C=O) groups excluding carboxylic acids is 1. The van der Waals surface area contributed by atoms with Crippen LogP contribution in [0.2, 0.25) is 10.0 Å². The molecule has 1 saturated heterocycles. The average Bonchev–Trinajstić information content (AvgIpc) is 3.58. The third-order valence-corrected chi connectivity index (χ3v) is 10.3. The number of hydrogen-bond donors (Lipinski definition) is 0. The lowest BCUT2D eigenvalue weighted by atomic mass is 9.70. The van der Waals surface area contributed by atoms with Crippen molar-refractivity contribution in [1.82, 2.24) is 0 Å². The number of rotatable bonds is 4. The fourth-order valence-corrected chi connectivity index (χ4v) is 7.45. The quantitative estimate of drug-likeness (QED) is 0.235. The molecular weight excluding hydrogens is 537 g/mol. The van der Waals surface area contributed by atoms with E-state index in [-0.39, 0.29) is 16.7 Å². The minimum Gasteiger partial charge on any atom is -0.457 e. The molecule has 2 unspecified atom stereocenters. The maximum Gasteiger partial charge on any atom is 0.271 e. The molecule has 2 aliphatic carbocycles. The van der Waals surface area contributed by atoms with E-state index in [9.17, 15) is 4.79 Å². The number of para-hydroxylation sites is 1. The van der Waals surface area contributed by atoms with Gasteiger partial charge in [0, 0.05) is 17.2 Å². The number of nitrogens with zero attached hydrogens (tertiary/aromatic N) is 3. The molecule has 8 heteroatoms. The van der Waals surface area contributed by atoms with Crippen LogP contribution in [0.25, 0.3) is 17.4 Å². The highest BCUT2D eigenvalue weighted by Crippen LogP contribution is 2.64. The third kappa shape index (κ3) is 4.05. The van der Waals surface area contributed by atoms with E-state index in [1.54, 1.807) is 41.3 Å². The van der Waals surface area contributed by atoms with E-state index in [0.717, 1.165) is 24.2 Å². The second kappa shape index (κ2) is 9.44. The number of halogens is 2. The molecule has 194 valence electrons. The van der Waals surface area contributed by atoms with Gasteiger partial charge in [0.05, 0.1) is 26.2 Å². The lowest BCUT2D eigenvalue weighted by Gasteiger charge is -2.34. The Labute approximate surface area is 236 Å². The predicted octanol–water partition coefficient (Wildman–Crippen LogP) is 8.93. The molecule has 6 rings (SSSR count). The Balaban J connectivity index is 1.35. The van der Waals surface area contributed by atoms with Gasteiger partial charge in [0.2, 0.25) is 5.17 Å². The molecule has 2 heterocycles. The number of carbonyl (C=O) groups is 1. The van der Waals surface area contributed by atoms with Crippen molar-refractivity contribution in [1.29, 1.82) is 0 Å². The molecule has 3 fully saturated rings. The number of anilines is 1. The molecule has 2 bridgehead atoms. The first-order valence-electron chi connectivity index (χ1n) is 12.7. The van der Waals surface area contributed by atoms with Crippen molar-refractivity contribution in [2.45, 2.75) is 40.0 Å². The molecule has 0 spiro atoms. The van der Waals surface area contributed by atoms with Gasteiger partial charge in [-0.25, -0.2) is 0 Å². The van der Waals surface area contributed by atoms with Crippen LogP contribution < -0.4 is 4.90 Å². The predicted molar refractivity (Wildman–Crippen MR) is 158 cm³/mol. The van der Waals surface area contributed by atoms with Crippen molar-refractivity contribution in [3.63, 3.8) is 0 Å². The Morgan fingerprint density at radius 1 is 1.00 bits per heavy atom. The first-order chi connectivity index (χ1) is 18.2. The maximum absolute atomic E-state index is 13.6. The number of thioether (sulfide) groups is 1. The Morgan fingerprint density at radius 3 is 2.39 bits per heavy atom. The van der Waals surface area contributed by atoms with E-state index >= 15 is 0 Å². The summed E-state index contributed by atoms with van der Waals surface area (Å²) < 4.78 is 6.03. The normalized spacial score (nSPS) is 27.4. The Hall–Kier alpha value is -2.80. The van der Waals surface area contributed by atoms with Crippen molar-refractivity contribution in [2.75, 3.05) is 4.90 Å². The first-order valence-corrected chi connectivity index (χ1v) is 14.2. The highest BCUT2D eigenvalue weighted by molar-refractivity contribution is 8.19. The summed E-state index contributed by atoms with van der Waals surface area (Å²) in [5, 5.41) is 11.0. The number of amides is 1. The highest BCUT2D eigenvalue weighted by atomic mass is 35.5. The largest absolute Gasteiger partial charge is 0.457 e. The molecule has 0 radical (unpaired) electrons. The monoisotopic (exact) mass is 563 g/mol. The summed E-state index contributed by atoms with van der Waals surface area (Å²) in [5.74, 6) is 1.52. The summed E-state index contributed by atoms with van der Waals surface area (Å²) in [5.41, 5.74) is 2.75. The van der Waals surface area contributed by atoms with Gasteiger partial charge in [0.25, 0.3) is 5.91 Å². The summed E-state index contributed by atoms with van der Waals surface area (Å²) in [6, 6.07) is 18.5. The van der Waals surface area contributed by atoms with Crippen molar-refractivity contribution >= 4 is 63.5 Å². The van der Waals surface area contributed by atoms with Gasteiger partial charge in [0.15, 0.2) is 0 Å². The van der Waals surface area contributed by atoms with E-state index in [4.69, 9.17) is 32.7 Å². The summed E-state index contributed by atoms with van der Waals surface area (Å²) >= 11 is 14.0. The van der Waals surface area contributed by atoms with Crippen LogP contribution in [-0.4, -0.2) is 16.8 Å². The van der Waals surface area contributed by atoms with Crippen molar-refractivity contribution < 1.29 is 9.21 Å². The molecule has 2 aromatic carbocycles. The first kappa shape index (κ1) is 25.5. The number of hydrogen-bond acceptors (Lipinski definition) is 5. The zero-order valence-electron chi connectivity index (χ0n) is 21.4. The summed E-state index contributed by atoms with van der Waals surface area (Å²) in [7, 11) is 0. The number of amidine groups is 1. The molecule has 1 amide bonds. The van der Waals surface area contributed by atoms with Crippen LogP contribution >= 0.6 is 35.0 Å². The fourth-order valence-electron chi connectivity index (χ4n) is 5.96. The molecule has 1 aromatic heterocycles. The van der Waals surface area contributed by atoms with Crippen LogP contribution in [0.4, 0.5) is 5.69 Å². The van der Waals surface area contributed by atoms with Gasteiger partial charge in [0.1, 0.15) is 11.5 Å². The topological polar surface area (TPSA) is 58.2 Å². The summed E-state index contributed by atoms with van der Waals surface area (Å²) in [6.07, 6.45) is 5.06. The lowest BCUT2D eigenvalue weighted by Crippen LogP contribution is -2.32. The standard InChI is InChI=1S/C30H27Cl2N3O2S/c1-29(2)18-14-15-30(29,3)25(16-18)33-34-28-35(19-8-5-4-6-9-19)27(36)24(38-28)17-20-12-13-23(37-20)26-21(31)10-7-11-22(26)32/h4-13,17-18H,14-16H2,1-3H3. The highest BCUT2D eigenvalue weighted by Gasteiger charge is 2.60. The maximum atomic E-state index is 13.6. The number of furan rings is 1. The fraction of sp³-hybridized carbons (Fsp3) is 0.300. The van der Waals surface area contributed by atoms with Crippen LogP contribution in [0.3, 0.4) is 0 Å². The van der Waals surface area contributed by atoms with Crippen LogP contribution in [-0.2, 0) is 4.79 Å². The van der Waals surface area contributed by atoms with Crippen molar-refractivity contribution in [3.05, 3.63) is 81.4 Å². The van der Waals surface area contributed by atoms with E-state index in [1.807, 2.05) is 30.3 Å². The SMILES string of the molecule is CC12CCC(CC1=NN=C1SC(=Cc3ccc(-c4c(Cl)cccc4Cl)o3)C(=O)N1c1ccccc1)C2(C)C. The van der Waals surface area contributed by atoms with Gasteiger partial charge < -0.3 is 4.42 Å². The zero-order chi connectivity index (χ0) is 26.7. The average molecular weight is 565 g/mol. The molecule has 5 nitrogen and oxygen atoms in total. The van der Waals surface area contributed by atoms with E-state index < -0.39 is 0 Å². The van der Waals surface area contributed by atoms with E-state index in [2.05, 4.69) is 25.9 Å². The van der Waals surface area contributed by atoms with Gasteiger partial charge in [-0.1, -0.05) is 68.2 Å². The molecule has 2 saturated carbocycles. The molecule has 38 heavy (non-hydrogen) atoms. The van der Waals surface area contributed by atoms with Gasteiger partial charge in [-0.15, -0.1) is 5.10 Å². The second-order valence-corrected chi connectivity index (χ2v) is 12.6. The Kier molecular flexibility index (Phi) is 6.33. The minimum atomic E-state index is -0.173. The van der Waals surface area contributed by atoms with Crippen LogP contribution in [0.15, 0.2) is 80.2 Å².